The molecule has 2 aromatic heterocycles. The Hall–Kier alpha value is -6.37. The van der Waals surface area contributed by atoms with Gasteiger partial charge in [0.2, 0.25) is 17.7 Å². The Kier molecular flexibility index (Phi) is 16.4. The van der Waals surface area contributed by atoms with Gasteiger partial charge in [-0.1, -0.05) is 64.6 Å². The molecule has 2 aromatic carbocycles. The molecule has 2 N–H and O–H groups in total. The zero-order valence-corrected chi connectivity index (χ0v) is 40.3. The first-order valence-corrected chi connectivity index (χ1v) is 23.2. The minimum Gasteiger partial charge on any atom is -0.465 e. The number of hydrogen-bond acceptors (Lipinski definition) is 10. The summed E-state index contributed by atoms with van der Waals surface area (Å²) >= 11 is 0. The average Bonchev–Trinajstić information content (AvgIpc) is 3.93. The number of rotatable bonds is 18. The number of carbonyl (C=O) groups excluding carboxylic acids is 5. The second-order valence-electron chi connectivity index (χ2n) is 18.9. The van der Waals surface area contributed by atoms with Gasteiger partial charge in [0.05, 0.1) is 36.1 Å². The van der Waals surface area contributed by atoms with E-state index in [-0.39, 0.29) is 61.8 Å². The summed E-state index contributed by atoms with van der Waals surface area (Å²) < 4.78 is 13.3. The number of amides is 4. The average molecular weight is 915 g/mol. The number of pyridine rings is 1. The second-order valence-corrected chi connectivity index (χ2v) is 18.9. The normalized spacial score (nSPS) is 16.6. The van der Waals surface area contributed by atoms with Gasteiger partial charge < -0.3 is 29.2 Å². The monoisotopic (exact) mass is 915 g/mol. The third-order valence-electron chi connectivity index (χ3n) is 12.9. The molecule has 67 heavy (non-hydrogen) atoms. The summed E-state index contributed by atoms with van der Waals surface area (Å²) in [5.74, 6) is -2.25. The zero-order chi connectivity index (χ0) is 48.6. The lowest BCUT2D eigenvalue weighted by Crippen LogP contribution is -2.59. The Bertz CT molecular complexity index is 2520. The lowest BCUT2D eigenvalue weighted by molar-refractivity contribution is -0.146. The number of fused-ring (bicyclic) bond motifs is 1. The molecule has 6 rings (SSSR count). The third kappa shape index (κ3) is 11.6. The number of hydrazine groups is 1. The van der Waals surface area contributed by atoms with Gasteiger partial charge in [0.1, 0.15) is 18.6 Å². The van der Waals surface area contributed by atoms with E-state index in [2.05, 4.69) is 43.3 Å². The van der Waals surface area contributed by atoms with Crippen molar-refractivity contribution in [2.45, 2.75) is 98.4 Å². The summed E-state index contributed by atoms with van der Waals surface area (Å²) in [6, 6.07) is 18.5. The van der Waals surface area contributed by atoms with Gasteiger partial charge in [-0.05, 0) is 91.1 Å². The summed E-state index contributed by atoms with van der Waals surface area (Å²) in [5, 5.41) is 15.8. The number of nitriles is 1. The number of methoxy groups -OCH3 is 1. The maximum absolute atomic E-state index is 14.4. The number of likely N-dealkylation sites (N-methyl/N-ethyl adjacent to an activating group) is 1. The molecule has 0 bridgehead atoms. The van der Waals surface area contributed by atoms with E-state index >= 15 is 0 Å². The van der Waals surface area contributed by atoms with Crippen molar-refractivity contribution in [3.63, 3.8) is 0 Å². The smallest absolute Gasteiger partial charge is 0.302 e. The van der Waals surface area contributed by atoms with Crippen molar-refractivity contribution in [3.8, 4) is 28.5 Å². The predicted octanol–water partition coefficient (Wildman–Crippen LogP) is 6.40. The molecule has 4 aromatic rings. The van der Waals surface area contributed by atoms with Gasteiger partial charge in [0.15, 0.2) is 0 Å². The molecule has 2 saturated heterocycles. The van der Waals surface area contributed by atoms with Crippen LogP contribution in [0.25, 0.3) is 33.3 Å². The quantitative estimate of drug-likeness (QED) is 0.0838. The predicted molar refractivity (Wildman–Crippen MR) is 257 cm³/mol. The highest BCUT2D eigenvalue weighted by Crippen LogP contribution is 2.42. The number of esters is 1. The van der Waals surface area contributed by atoms with Gasteiger partial charge in [-0.3, -0.25) is 34.0 Å². The molecule has 4 heterocycles. The minimum atomic E-state index is -0.954. The number of nitrogens with zero attached hydrogens (tertiary/aromatic N) is 6. The zero-order valence-electron chi connectivity index (χ0n) is 40.3. The Labute approximate surface area is 394 Å². The maximum atomic E-state index is 14.4. The number of aromatic nitrogens is 2. The van der Waals surface area contributed by atoms with Crippen LogP contribution in [0.4, 0.5) is 0 Å². The molecule has 0 saturated carbocycles. The van der Waals surface area contributed by atoms with Crippen LogP contribution in [-0.2, 0) is 52.8 Å². The largest absolute Gasteiger partial charge is 0.465 e. The minimum absolute atomic E-state index is 0.0747. The highest BCUT2D eigenvalue weighted by atomic mass is 16.5. The highest BCUT2D eigenvalue weighted by Gasteiger charge is 2.39. The molecule has 2 aliphatic heterocycles. The van der Waals surface area contributed by atoms with E-state index in [4.69, 9.17) is 14.5 Å². The number of likely N-dealkylation sites (tertiary alicyclic amines) is 1. The molecule has 2 aliphatic rings. The van der Waals surface area contributed by atoms with E-state index in [1.165, 1.54) is 17.9 Å². The van der Waals surface area contributed by atoms with E-state index in [1.807, 2.05) is 73.9 Å². The molecule has 4 amide bonds. The van der Waals surface area contributed by atoms with E-state index in [9.17, 15) is 29.2 Å². The molecule has 0 aliphatic carbocycles. The van der Waals surface area contributed by atoms with Crippen molar-refractivity contribution in [1.29, 1.82) is 5.26 Å². The van der Waals surface area contributed by atoms with Crippen LogP contribution in [-0.4, -0.2) is 113 Å². The summed E-state index contributed by atoms with van der Waals surface area (Å²) in [5.41, 5.74) is 9.55. The molecular weight excluding hydrogens is 849 g/mol. The molecule has 356 valence electrons. The first-order chi connectivity index (χ1) is 32.0. The van der Waals surface area contributed by atoms with Crippen molar-refractivity contribution in [1.82, 2.24) is 35.1 Å². The number of nitrogens with one attached hydrogen (secondary N) is 2. The van der Waals surface area contributed by atoms with Crippen molar-refractivity contribution in [2.24, 2.45) is 17.3 Å². The molecule has 0 radical (unpaired) electrons. The van der Waals surface area contributed by atoms with E-state index in [0.29, 0.717) is 32.5 Å². The van der Waals surface area contributed by atoms with Crippen LogP contribution < -0.4 is 10.7 Å². The molecule has 15 nitrogen and oxygen atoms in total. The molecule has 0 spiro atoms. The summed E-state index contributed by atoms with van der Waals surface area (Å²) in [6.45, 7) is 16.8. The lowest BCUT2D eigenvalue weighted by Gasteiger charge is -2.35. The van der Waals surface area contributed by atoms with Crippen molar-refractivity contribution in [2.75, 3.05) is 46.9 Å². The molecular formula is C52H66N8O7. The van der Waals surface area contributed by atoms with Gasteiger partial charge in [-0.2, -0.15) is 5.26 Å². The SMILES string of the molecule is C=CC(=O)N1CC[C@H](C(=O)N(C)C(C(=O)N[C@@H](Cc2cccc(-c3ccc4c(c3)c(CC(C)(C)COC(C)=O)c(-c3cccnc3[C@H](C)OC)n4CC#N)c2)C(=O)N2CCCCN2)C(C)C)C1. The van der Waals surface area contributed by atoms with Gasteiger partial charge in [-0.25, -0.2) is 5.43 Å². The lowest BCUT2D eigenvalue weighted by atomic mass is 9.84. The first-order valence-electron chi connectivity index (χ1n) is 23.2. The van der Waals surface area contributed by atoms with Gasteiger partial charge >= 0.3 is 5.97 Å². The number of benzene rings is 2. The van der Waals surface area contributed by atoms with Gasteiger partial charge in [0, 0.05) is 81.8 Å². The van der Waals surface area contributed by atoms with Crippen molar-refractivity contribution >= 4 is 40.5 Å². The molecule has 1 unspecified atom stereocenters. The fourth-order valence-corrected chi connectivity index (χ4v) is 9.48. The number of ether oxygens (including phenoxy) is 2. The van der Waals surface area contributed by atoms with Crippen LogP contribution in [0.2, 0.25) is 0 Å². The van der Waals surface area contributed by atoms with Crippen LogP contribution in [0.3, 0.4) is 0 Å². The van der Waals surface area contributed by atoms with Crippen molar-refractivity contribution in [3.05, 3.63) is 90.3 Å². The number of hydrogen-bond donors (Lipinski definition) is 2. The van der Waals surface area contributed by atoms with Crippen LogP contribution in [0.5, 0.6) is 0 Å². The number of carbonyl (C=O) groups is 5. The van der Waals surface area contributed by atoms with Crippen LogP contribution in [0.15, 0.2) is 73.4 Å². The van der Waals surface area contributed by atoms with E-state index < -0.39 is 29.3 Å². The Morgan fingerprint density at radius 1 is 1.06 bits per heavy atom. The van der Waals surface area contributed by atoms with Crippen LogP contribution >= 0.6 is 0 Å². The highest BCUT2D eigenvalue weighted by molar-refractivity contribution is 5.96. The van der Waals surface area contributed by atoms with Gasteiger partial charge in [0.25, 0.3) is 5.91 Å². The molecule has 4 atom stereocenters. The fraction of sp³-hybridized carbons (Fsp3) is 0.481. The van der Waals surface area contributed by atoms with E-state index in [0.717, 1.165) is 62.9 Å². The summed E-state index contributed by atoms with van der Waals surface area (Å²) in [7, 11) is 3.26. The molecule has 15 heteroatoms. The maximum Gasteiger partial charge on any atom is 0.302 e. The topological polar surface area (TPSA) is 179 Å². The Balaban J connectivity index is 1.37. The van der Waals surface area contributed by atoms with Crippen LogP contribution in [0.1, 0.15) is 83.7 Å². The van der Waals surface area contributed by atoms with E-state index in [1.54, 1.807) is 30.3 Å². The third-order valence-corrected chi connectivity index (χ3v) is 12.9. The van der Waals surface area contributed by atoms with Crippen molar-refractivity contribution < 1.29 is 33.4 Å². The molecule has 2 fully saturated rings. The van der Waals surface area contributed by atoms with Gasteiger partial charge in [-0.15, -0.1) is 0 Å². The second kappa shape index (κ2) is 22.0. The Morgan fingerprint density at radius 2 is 1.82 bits per heavy atom. The summed E-state index contributed by atoms with van der Waals surface area (Å²) in [6.07, 6.45) is 5.56. The first kappa shape index (κ1) is 50.1. The summed E-state index contributed by atoms with van der Waals surface area (Å²) in [4.78, 5) is 74.7. The van der Waals surface area contributed by atoms with Crippen LogP contribution in [0, 0.1) is 28.6 Å². The standard InChI is InChI=1S/C52H66N8O7/c1-10-45(62)58-25-20-39(31-58)50(64)57(8)47(33(2)3)49(63)56-43(51(65)60-24-12-11-23-55-60)28-36-15-13-16-37(27-36)38-18-19-44-41(29-38)42(30-52(6,7)32-67-35(5)61)48(59(44)26-21-53)40-17-14-22-54-46(40)34(4)66-9/h10,13-19,22,27,29,33-34,39,43,47,55H,1,11-12,20,23-26,28,30-32H2,2-9H3,(H,56,63)/t34-,39-,43-,47?/m0/s1. The Morgan fingerprint density at radius 3 is 2.49 bits per heavy atom. The fourth-order valence-electron chi connectivity index (χ4n) is 9.48.